The van der Waals surface area contributed by atoms with E-state index in [4.69, 9.17) is 4.42 Å². The van der Waals surface area contributed by atoms with Crippen molar-refractivity contribution in [3.8, 4) is 33.4 Å². The number of hydrogen-bond donors (Lipinski definition) is 0. The molecule has 0 aliphatic carbocycles. The van der Waals surface area contributed by atoms with Crippen LogP contribution in [0.1, 0.15) is 0 Å². The highest BCUT2D eigenvalue weighted by Crippen LogP contribution is 2.39. The van der Waals surface area contributed by atoms with Crippen LogP contribution in [0.15, 0.2) is 180 Å². The molecule has 1 aromatic heterocycles. The summed E-state index contributed by atoms with van der Waals surface area (Å²) in [6, 6.07) is 62.2. The summed E-state index contributed by atoms with van der Waals surface area (Å²) in [5, 5.41) is 2.26. The Bertz CT molecular complexity index is 2140. The number of anilines is 3. The van der Waals surface area contributed by atoms with Gasteiger partial charge in [0.1, 0.15) is 11.2 Å². The predicted molar refractivity (Wildman–Crippen MR) is 185 cm³/mol. The molecule has 2 heteroatoms. The van der Waals surface area contributed by atoms with Crippen LogP contribution in [0.2, 0.25) is 0 Å². The molecule has 0 N–H and O–H groups in total. The number of nitrogens with zero attached hydrogens (tertiary/aromatic N) is 1. The van der Waals surface area contributed by atoms with E-state index in [1.54, 1.807) is 0 Å². The summed E-state index contributed by atoms with van der Waals surface area (Å²) in [5.41, 5.74) is 12.2. The van der Waals surface area contributed by atoms with Crippen LogP contribution in [0.5, 0.6) is 0 Å². The minimum absolute atomic E-state index is 0.882. The molecule has 0 spiro atoms. The fraction of sp³-hybridized carbons (Fsp3) is 0. The smallest absolute Gasteiger partial charge is 0.137 e. The van der Waals surface area contributed by atoms with Crippen molar-refractivity contribution in [2.45, 2.75) is 0 Å². The standard InChI is InChI=1S/C42H29NO/c1-4-12-30(13-5-1)33-26-34(31-14-6-2-7-15-31)28-35(27-33)32-20-22-37(23-21-32)43(36-16-8-3-9-17-36)38-24-25-40-39-18-10-11-19-41(39)44-42(40)29-38/h1-29H. The molecule has 208 valence electrons. The number of fused-ring (bicyclic) bond motifs is 3. The Morgan fingerprint density at radius 1 is 0.295 bits per heavy atom. The number of rotatable bonds is 6. The second-order valence-electron chi connectivity index (χ2n) is 11.0. The van der Waals surface area contributed by atoms with E-state index in [9.17, 15) is 0 Å². The van der Waals surface area contributed by atoms with Gasteiger partial charge in [-0.3, -0.25) is 0 Å². The van der Waals surface area contributed by atoms with E-state index in [-0.39, 0.29) is 0 Å². The van der Waals surface area contributed by atoms with Crippen LogP contribution in [0.4, 0.5) is 17.1 Å². The molecule has 0 saturated heterocycles. The highest BCUT2D eigenvalue weighted by atomic mass is 16.3. The lowest BCUT2D eigenvalue weighted by atomic mass is 9.93. The normalized spacial score (nSPS) is 11.2. The van der Waals surface area contributed by atoms with Gasteiger partial charge in [0, 0.05) is 33.9 Å². The molecule has 0 atom stereocenters. The zero-order valence-corrected chi connectivity index (χ0v) is 24.1. The van der Waals surface area contributed by atoms with Gasteiger partial charge in [-0.15, -0.1) is 0 Å². The Balaban J connectivity index is 1.22. The van der Waals surface area contributed by atoms with Gasteiger partial charge in [-0.05, 0) is 94.0 Å². The van der Waals surface area contributed by atoms with Crippen LogP contribution in [0, 0.1) is 0 Å². The van der Waals surface area contributed by atoms with Crippen molar-refractivity contribution in [2.24, 2.45) is 0 Å². The van der Waals surface area contributed by atoms with Crippen LogP contribution in [-0.4, -0.2) is 0 Å². The van der Waals surface area contributed by atoms with Crippen molar-refractivity contribution in [3.05, 3.63) is 176 Å². The third kappa shape index (κ3) is 4.83. The fourth-order valence-electron chi connectivity index (χ4n) is 6.07. The summed E-state index contributed by atoms with van der Waals surface area (Å²) in [7, 11) is 0. The van der Waals surface area contributed by atoms with Crippen molar-refractivity contribution in [2.75, 3.05) is 4.90 Å². The zero-order chi connectivity index (χ0) is 29.3. The summed E-state index contributed by atoms with van der Waals surface area (Å²) < 4.78 is 6.26. The average molecular weight is 564 g/mol. The summed E-state index contributed by atoms with van der Waals surface area (Å²) >= 11 is 0. The third-order valence-electron chi connectivity index (χ3n) is 8.24. The Hall–Kier alpha value is -5.86. The average Bonchev–Trinajstić information content (AvgIpc) is 3.48. The molecule has 1 heterocycles. The van der Waals surface area contributed by atoms with E-state index in [0.29, 0.717) is 0 Å². The Kier molecular flexibility index (Phi) is 6.51. The maximum atomic E-state index is 6.26. The molecular weight excluding hydrogens is 534 g/mol. The third-order valence-corrected chi connectivity index (χ3v) is 8.24. The van der Waals surface area contributed by atoms with Crippen molar-refractivity contribution < 1.29 is 4.42 Å². The van der Waals surface area contributed by atoms with Gasteiger partial charge in [0.25, 0.3) is 0 Å². The molecule has 0 aliphatic rings. The van der Waals surface area contributed by atoms with Gasteiger partial charge in [0.2, 0.25) is 0 Å². The highest BCUT2D eigenvalue weighted by Gasteiger charge is 2.16. The summed E-state index contributed by atoms with van der Waals surface area (Å²) in [6.07, 6.45) is 0. The molecule has 0 amide bonds. The largest absolute Gasteiger partial charge is 0.456 e. The molecule has 7 aromatic carbocycles. The molecule has 0 bridgehead atoms. The van der Waals surface area contributed by atoms with Gasteiger partial charge in [-0.25, -0.2) is 0 Å². The maximum Gasteiger partial charge on any atom is 0.137 e. The lowest BCUT2D eigenvalue weighted by Gasteiger charge is -2.25. The molecule has 0 fully saturated rings. The highest BCUT2D eigenvalue weighted by molar-refractivity contribution is 6.06. The van der Waals surface area contributed by atoms with Gasteiger partial charge >= 0.3 is 0 Å². The van der Waals surface area contributed by atoms with E-state index in [0.717, 1.165) is 39.0 Å². The van der Waals surface area contributed by atoms with Crippen molar-refractivity contribution in [3.63, 3.8) is 0 Å². The Labute approximate surface area is 257 Å². The quantitative estimate of drug-likeness (QED) is 0.200. The van der Waals surface area contributed by atoms with Crippen molar-refractivity contribution in [1.82, 2.24) is 0 Å². The van der Waals surface area contributed by atoms with Crippen LogP contribution < -0.4 is 4.90 Å². The zero-order valence-electron chi connectivity index (χ0n) is 24.1. The van der Waals surface area contributed by atoms with Crippen LogP contribution in [0.3, 0.4) is 0 Å². The van der Waals surface area contributed by atoms with Gasteiger partial charge in [-0.2, -0.15) is 0 Å². The van der Waals surface area contributed by atoms with E-state index in [1.165, 1.54) is 33.4 Å². The van der Waals surface area contributed by atoms with Gasteiger partial charge < -0.3 is 9.32 Å². The van der Waals surface area contributed by atoms with Crippen molar-refractivity contribution in [1.29, 1.82) is 0 Å². The van der Waals surface area contributed by atoms with E-state index < -0.39 is 0 Å². The minimum atomic E-state index is 0.882. The second kappa shape index (κ2) is 11.1. The molecule has 0 saturated carbocycles. The first-order valence-corrected chi connectivity index (χ1v) is 14.9. The molecule has 44 heavy (non-hydrogen) atoms. The summed E-state index contributed by atoms with van der Waals surface area (Å²) in [5.74, 6) is 0. The van der Waals surface area contributed by atoms with Gasteiger partial charge in [0.05, 0.1) is 0 Å². The molecule has 0 unspecified atom stereocenters. The lowest BCUT2D eigenvalue weighted by molar-refractivity contribution is 0.669. The lowest BCUT2D eigenvalue weighted by Crippen LogP contribution is -2.09. The topological polar surface area (TPSA) is 16.4 Å². The SMILES string of the molecule is c1ccc(-c2cc(-c3ccccc3)cc(-c3ccc(N(c4ccccc4)c4ccc5c(c4)oc4ccccc45)cc3)c2)cc1. The van der Waals surface area contributed by atoms with Crippen LogP contribution >= 0.6 is 0 Å². The Morgan fingerprint density at radius 2 is 0.750 bits per heavy atom. The summed E-state index contributed by atoms with van der Waals surface area (Å²) in [6.45, 7) is 0. The molecule has 2 nitrogen and oxygen atoms in total. The second-order valence-corrected chi connectivity index (χ2v) is 11.0. The molecule has 8 aromatic rings. The first-order chi connectivity index (χ1) is 21.8. The van der Waals surface area contributed by atoms with Gasteiger partial charge in [0.15, 0.2) is 0 Å². The Morgan fingerprint density at radius 3 is 1.36 bits per heavy atom. The van der Waals surface area contributed by atoms with Crippen LogP contribution in [-0.2, 0) is 0 Å². The number of hydrogen-bond acceptors (Lipinski definition) is 2. The molecule has 8 rings (SSSR count). The predicted octanol–water partition coefficient (Wildman–Crippen LogP) is 12.1. The van der Waals surface area contributed by atoms with Gasteiger partial charge in [-0.1, -0.05) is 109 Å². The maximum absolute atomic E-state index is 6.26. The van der Waals surface area contributed by atoms with Crippen LogP contribution in [0.25, 0.3) is 55.3 Å². The fourth-order valence-corrected chi connectivity index (χ4v) is 6.07. The number of furan rings is 1. The minimum Gasteiger partial charge on any atom is -0.456 e. The summed E-state index contributed by atoms with van der Waals surface area (Å²) in [4.78, 5) is 2.28. The first kappa shape index (κ1) is 25.8. The monoisotopic (exact) mass is 563 g/mol. The van der Waals surface area contributed by atoms with E-state index >= 15 is 0 Å². The molecule has 0 radical (unpaired) electrons. The first-order valence-electron chi connectivity index (χ1n) is 14.9. The molecular formula is C42H29NO. The van der Waals surface area contributed by atoms with E-state index in [1.807, 2.05) is 12.1 Å². The van der Waals surface area contributed by atoms with Crippen molar-refractivity contribution >= 4 is 39.0 Å². The number of benzene rings is 7. The van der Waals surface area contributed by atoms with E-state index in [2.05, 4.69) is 169 Å². The molecule has 0 aliphatic heterocycles. The number of para-hydroxylation sites is 2.